The summed E-state index contributed by atoms with van der Waals surface area (Å²) >= 11 is 6.12. The summed E-state index contributed by atoms with van der Waals surface area (Å²) in [7, 11) is 3.49. The fraction of sp³-hybridized carbons (Fsp3) is 0.400. The summed E-state index contributed by atoms with van der Waals surface area (Å²) in [6.07, 6.45) is 2.33. The molecule has 0 spiro atoms. The van der Waals surface area contributed by atoms with Crippen LogP contribution in [-0.4, -0.2) is 23.9 Å². The van der Waals surface area contributed by atoms with Crippen molar-refractivity contribution < 1.29 is 9.13 Å². The van der Waals surface area contributed by atoms with Crippen LogP contribution in [0.5, 0.6) is 5.75 Å². The quantitative estimate of drug-likeness (QED) is 0.890. The minimum atomic E-state index is -0.332. The van der Waals surface area contributed by atoms with Gasteiger partial charge < -0.3 is 10.1 Å². The molecule has 0 bridgehead atoms. The first-order chi connectivity index (χ1) is 10.1. The molecule has 6 heteroatoms. The number of aromatic nitrogens is 2. The van der Waals surface area contributed by atoms with Gasteiger partial charge in [-0.3, -0.25) is 4.68 Å². The maximum Gasteiger partial charge on any atom is 0.161 e. The van der Waals surface area contributed by atoms with E-state index in [0.29, 0.717) is 11.4 Å². The summed E-state index contributed by atoms with van der Waals surface area (Å²) in [6, 6.07) is 4.44. The van der Waals surface area contributed by atoms with E-state index in [1.807, 2.05) is 18.7 Å². The van der Waals surface area contributed by atoms with Crippen LogP contribution in [0, 0.1) is 5.82 Å². The van der Waals surface area contributed by atoms with Gasteiger partial charge in [-0.15, -0.1) is 0 Å². The van der Waals surface area contributed by atoms with Gasteiger partial charge in [0.2, 0.25) is 0 Å². The molecule has 0 fully saturated rings. The van der Waals surface area contributed by atoms with Gasteiger partial charge in [-0.2, -0.15) is 5.10 Å². The van der Waals surface area contributed by atoms with Crippen LogP contribution in [0.4, 0.5) is 4.39 Å². The number of rotatable bonds is 6. The minimum Gasteiger partial charge on any atom is -0.493 e. The second-order valence-electron chi connectivity index (χ2n) is 4.70. The van der Waals surface area contributed by atoms with E-state index < -0.39 is 0 Å². The average molecular weight is 312 g/mol. The van der Waals surface area contributed by atoms with E-state index in [4.69, 9.17) is 16.3 Å². The van der Waals surface area contributed by atoms with Gasteiger partial charge in [-0.05, 0) is 38.1 Å². The largest absolute Gasteiger partial charge is 0.493 e. The predicted molar refractivity (Wildman–Crippen MR) is 81.4 cm³/mol. The lowest BCUT2D eigenvalue weighted by Crippen LogP contribution is -2.23. The van der Waals surface area contributed by atoms with Crippen molar-refractivity contribution in [3.8, 4) is 5.75 Å². The van der Waals surface area contributed by atoms with Gasteiger partial charge >= 0.3 is 0 Å². The molecule has 0 saturated carbocycles. The number of nitrogens with zero attached hydrogens (tertiary/aromatic N) is 2. The molecule has 0 aliphatic rings. The summed E-state index contributed by atoms with van der Waals surface area (Å²) in [5, 5.41) is 7.99. The fourth-order valence-corrected chi connectivity index (χ4v) is 2.63. The number of benzene rings is 1. The van der Waals surface area contributed by atoms with E-state index in [1.54, 1.807) is 19.4 Å². The third-order valence-corrected chi connectivity index (χ3v) is 3.83. The van der Waals surface area contributed by atoms with Crippen molar-refractivity contribution in [3.05, 3.63) is 46.5 Å². The molecule has 0 radical (unpaired) electrons. The molecule has 114 valence electrons. The summed E-state index contributed by atoms with van der Waals surface area (Å²) < 4.78 is 20.4. The van der Waals surface area contributed by atoms with Crippen LogP contribution in [0.15, 0.2) is 24.4 Å². The Morgan fingerprint density at radius 2 is 2.24 bits per heavy atom. The summed E-state index contributed by atoms with van der Waals surface area (Å²) in [5.41, 5.74) is 1.84. The van der Waals surface area contributed by atoms with Crippen molar-refractivity contribution in [2.75, 3.05) is 14.2 Å². The SMILES string of the molecule is CCn1ncc(OC)c1C(Cc1ccc(F)cc1Cl)NC. The molecule has 1 aromatic carbocycles. The first-order valence-electron chi connectivity index (χ1n) is 6.81. The van der Waals surface area contributed by atoms with E-state index in [1.165, 1.54) is 12.1 Å². The Labute approximate surface area is 128 Å². The normalized spacial score (nSPS) is 12.4. The van der Waals surface area contributed by atoms with E-state index in [2.05, 4.69) is 10.4 Å². The van der Waals surface area contributed by atoms with E-state index >= 15 is 0 Å². The van der Waals surface area contributed by atoms with Gasteiger partial charge in [0.15, 0.2) is 5.75 Å². The number of likely N-dealkylation sites (N-methyl/N-ethyl adjacent to an activating group) is 1. The molecule has 2 rings (SSSR count). The van der Waals surface area contributed by atoms with Crippen LogP contribution in [0.2, 0.25) is 5.02 Å². The topological polar surface area (TPSA) is 39.1 Å². The van der Waals surface area contributed by atoms with Crippen LogP contribution in [0.25, 0.3) is 0 Å². The van der Waals surface area contributed by atoms with Crippen LogP contribution in [0.3, 0.4) is 0 Å². The summed E-state index contributed by atoms with van der Waals surface area (Å²) in [5.74, 6) is 0.398. The highest BCUT2D eigenvalue weighted by molar-refractivity contribution is 6.31. The Hall–Kier alpha value is -1.59. The summed E-state index contributed by atoms with van der Waals surface area (Å²) in [6.45, 7) is 2.77. The number of hydrogen-bond donors (Lipinski definition) is 1. The third kappa shape index (κ3) is 3.36. The van der Waals surface area contributed by atoms with Crippen LogP contribution >= 0.6 is 11.6 Å². The molecule has 1 aromatic heterocycles. The van der Waals surface area contributed by atoms with E-state index in [-0.39, 0.29) is 11.9 Å². The molecule has 21 heavy (non-hydrogen) atoms. The van der Waals surface area contributed by atoms with E-state index in [9.17, 15) is 4.39 Å². The maximum absolute atomic E-state index is 13.1. The van der Waals surface area contributed by atoms with Crippen molar-refractivity contribution in [2.45, 2.75) is 25.9 Å². The molecule has 4 nitrogen and oxygen atoms in total. The molecule has 0 aliphatic heterocycles. The highest BCUT2D eigenvalue weighted by atomic mass is 35.5. The highest BCUT2D eigenvalue weighted by Crippen LogP contribution is 2.29. The Morgan fingerprint density at radius 1 is 1.48 bits per heavy atom. The Bertz CT molecular complexity index is 593. The van der Waals surface area contributed by atoms with Gasteiger partial charge in [0.1, 0.15) is 5.82 Å². The van der Waals surface area contributed by atoms with Crippen molar-refractivity contribution in [1.82, 2.24) is 15.1 Å². The van der Waals surface area contributed by atoms with Crippen LogP contribution in [-0.2, 0) is 13.0 Å². The van der Waals surface area contributed by atoms with Crippen LogP contribution in [0.1, 0.15) is 24.2 Å². The second kappa shape index (κ2) is 6.91. The number of hydrogen-bond acceptors (Lipinski definition) is 3. The van der Waals surface area contributed by atoms with Crippen LogP contribution < -0.4 is 10.1 Å². The molecule has 1 unspecified atom stereocenters. The molecule has 1 atom stereocenters. The lowest BCUT2D eigenvalue weighted by molar-refractivity contribution is 0.394. The monoisotopic (exact) mass is 311 g/mol. The van der Waals surface area contributed by atoms with Gasteiger partial charge in [0, 0.05) is 11.6 Å². The number of ether oxygens (including phenoxy) is 1. The lowest BCUT2D eigenvalue weighted by Gasteiger charge is -2.19. The van der Waals surface area contributed by atoms with Crippen molar-refractivity contribution in [1.29, 1.82) is 0 Å². The van der Waals surface area contributed by atoms with Gasteiger partial charge in [-0.25, -0.2) is 4.39 Å². The Kier molecular flexibility index (Phi) is 5.20. The number of halogens is 2. The minimum absolute atomic E-state index is 0.0228. The lowest BCUT2D eigenvalue weighted by atomic mass is 10.0. The molecule has 1 N–H and O–H groups in total. The average Bonchev–Trinajstić information content (AvgIpc) is 2.89. The van der Waals surface area contributed by atoms with Crippen molar-refractivity contribution in [2.24, 2.45) is 0 Å². The van der Waals surface area contributed by atoms with Crippen molar-refractivity contribution in [3.63, 3.8) is 0 Å². The zero-order chi connectivity index (χ0) is 15.4. The zero-order valence-corrected chi connectivity index (χ0v) is 13.1. The molecular formula is C15H19ClFN3O. The Balaban J connectivity index is 2.34. The van der Waals surface area contributed by atoms with Gasteiger partial charge in [0.25, 0.3) is 0 Å². The standard InChI is InChI=1S/C15H19ClFN3O/c1-4-20-15(14(21-3)9-19-20)13(18-2)7-10-5-6-11(17)8-12(10)16/h5-6,8-9,13,18H,4,7H2,1-3H3. The fourth-order valence-electron chi connectivity index (χ4n) is 2.38. The number of aryl methyl sites for hydroxylation is 1. The van der Waals surface area contributed by atoms with Crippen molar-refractivity contribution >= 4 is 11.6 Å². The number of methoxy groups -OCH3 is 1. The third-order valence-electron chi connectivity index (χ3n) is 3.48. The summed E-state index contributed by atoms with van der Waals surface area (Å²) in [4.78, 5) is 0. The first kappa shape index (κ1) is 15.8. The first-order valence-corrected chi connectivity index (χ1v) is 7.19. The molecule has 1 heterocycles. The molecule has 2 aromatic rings. The molecule has 0 saturated heterocycles. The highest BCUT2D eigenvalue weighted by Gasteiger charge is 2.21. The second-order valence-corrected chi connectivity index (χ2v) is 5.10. The molecular weight excluding hydrogens is 293 g/mol. The smallest absolute Gasteiger partial charge is 0.161 e. The van der Waals surface area contributed by atoms with Gasteiger partial charge in [-0.1, -0.05) is 17.7 Å². The molecule has 0 amide bonds. The maximum atomic E-state index is 13.1. The zero-order valence-electron chi connectivity index (χ0n) is 12.4. The predicted octanol–water partition coefficient (Wildman–Crippen LogP) is 3.21. The number of nitrogens with one attached hydrogen (secondary N) is 1. The molecule has 0 aliphatic carbocycles. The van der Waals surface area contributed by atoms with E-state index in [0.717, 1.165) is 23.6 Å². The Morgan fingerprint density at radius 3 is 2.81 bits per heavy atom. The van der Waals surface area contributed by atoms with Gasteiger partial charge in [0.05, 0.1) is 25.0 Å².